The molecule has 1 saturated heterocycles. The molecule has 2 aromatic heterocycles. The molecule has 0 aliphatic carbocycles. The minimum Gasteiger partial charge on any atom is -0.435 e. The van der Waals surface area contributed by atoms with Crippen LogP contribution in [0.1, 0.15) is 59.5 Å². The van der Waals surface area contributed by atoms with Crippen LogP contribution in [0.4, 0.5) is 0 Å². The number of carbonyl (C=O) groups is 1. The molecule has 2 aromatic rings. The molecule has 0 aromatic carbocycles. The molecule has 0 saturated carbocycles. The van der Waals surface area contributed by atoms with E-state index in [2.05, 4.69) is 24.6 Å². The van der Waals surface area contributed by atoms with Gasteiger partial charge in [0.1, 0.15) is 11.6 Å². The van der Waals surface area contributed by atoms with Crippen molar-refractivity contribution in [1.29, 1.82) is 0 Å². The maximum Gasteiger partial charge on any atom is 0.291 e. The number of oxazole rings is 1. The third-order valence-electron chi connectivity index (χ3n) is 4.87. The Hall–Kier alpha value is -2.22. The molecule has 8 nitrogen and oxygen atoms in total. The van der Waals surface area contributed by atoms with Crippen LogP contribution in [-0.4, -0.2) is 62.6 Å². The van der Waals surface area contributed by atoms with Crippen molar-refractivity contribution >= 4 is 5.91 Å². The molecule has 3 rings (SSSR count). The third-order valence-corrected chi connectivity index (χ3v) is 4.87. The molecule has 0 N–H and O–H groups in total. The van der Waals surface area contributed by atoms with Crippen molar-refractivity contribution in [3.63, 3.8) is 0 Å². The highest BCUT2D eigenvalue weighted by Gasteiger charge is 2.31. The Labute approximate surface area is 154 Å². The fourth-order valence-electron chi connectivity index (χ4n) is 3.47. The van der Waals surface area contributed by atoms with E-state index in [1.54, 1.807) is 0 Å². The van der Waals surface area contributed by atoms with E-state index in [0.717, 1.165) is 37.6 Å². The number of aryl methyl sites for hydroxylation is 2. The van der Waals surface area contributed by atoms with Crippen LogP contribution in [0.15, 0.2) is 4.42 Å². The van der Waals surface area contributed by atoms with Gasteiger partial charge in [0, 0.05) is 32.5 Å². The number of amides is 1. The highest BCUT2D eigenvalue weighted by atomic mass is 16.4. The average molecular weight is 360 g/mol. The summed E-state index contributed by atoms with van der Waals surface area (Å²) in [5, 5.41) is 8.73. The van der Waals surface area contributed by atoms with E-state index in [1.165, 1.54) is 0 Å². The number of likely N-dealkylation sites (tertiary alicyclic amines) is 1. The summed E-state index contributed by atoms with van der Waals surface area (Å²) in [6.07, 6.45) is 2.64. The molecule has 1 atom stereocenters. The summed E-state index contributed by atoms with van der Waals surface area (Å²) in [7, 11) is 6.03. The van der Waals surface area contributed by atoms with Gasteiger partial charge < -0.3 is 18.8 Å². The van der Waals surface area contributed by atoms with Crippen LogP contribution >= 0.6 is 0 Å². The van der Waals surface area contributed by atoms with Crippen LogP contribution in [0.2, 0.25) is 0 Å². The molecule has 0 bridgehead atoms. The van der Waals surface area contributed by atoms with Crippen molar-refractivity contribution in [2.75, 3.05) is 27.2 Å². The molecule has 142 valence electrons. The Balaban J connectivity index is 1.76. The minimum atomic E-state index is -0.0740. The van der Waals surface area contributed by atoms with E-state index < -0.39 is 0 Å². The van der Waals surface area contributed by atoms with Crippen molar-refractivity contribution in [2.24, 2.45) is 7.05 Å². The van der Waals surface area contributed by atoms with Crippen LogP contribution < -0.4 is 0 Å². The normalized spacial score (nSPS) is 17.9. The predicted molar refractivity (Wildman–Crippen MR) is 96.9 cm³/mol. The van der Waals surface area contributed by atoms with E-state index in [-0.39, 0.29) is 11.8 Å². The standard InChI is InChI=1S/C18H28N6O2/c1-6-15-19-12(2)16(26-15)18(25)24-9-7-8-13(10-24)17-21-20-14(23(17)5)11-22(3)4/h13H,6-11H2,1-5H3/t13-/m0/s1. The van der Waals surface area contributed by atoms with Gasteiger partial charge in [0.05, 0.1) is 12.2 Å². The highest BCUT2D eigenvalue weighted by Crippen LogP contribution is 2.27. The van der Waals surface area contributed by atoms with Gasteiger partial charge in [-0.1, -0.05) is 6.92 Å². The third kappa shape index (κ3) is 3.65. The van der Waals surface area contributed by atoms with Crippen molar-refractivity contribution < 1.29 is 9.21 Å². The van der Waals surface area contributed by atoms with Gasteiger partial charge in [-0.2, -0.15) is 0 Å². The summed E-state index contributed by atoms with van der Waals surface area (Å²) in [6, 6.07) is 0. The monoisotopic (exact) mass is 360 g/mol. The molecule has 3 heterocycles. The number of hydrogen-bond acceptors (Lipinski definition) is 6. The van der Waals surface area contributed by atoms with Gasteiger partial charge in [-0.25, -0.2) is 4.98 Å². The zero-order valence-corrected chi connectivity index (χ0v) is 16.3. The first-order valence-electron chi connectivity index (χ1n) is 9.19. The second-order valence-electron chi connectivity index (χ2n) is 7.24. The maximum atomic E-state index is 12.9. The quantitative estimate of drug-likeness (QED) is 0.808. The molecule has 8 heteroatoms. The summed E-state index contributed by atoms with van der Waals surface area (Å²) < 4.78 is 7.71. The van der Waals surface area contributed by atoms with E-state index in [0.29, 0.717) is 30.3 Å². The number of aromatic nitrogens is 4. The summed E-state index contributed by atoms with van der Waals surface area (Å²) in [5.41, 5.74) is 0.668. The van der Waals surface area contributed by atoms with Gasteiger partial charge in [-0.05, 0) is 33.9 Å². The van der Waals surface area contributed by atoms with Crippen molar-refractivity contribution in [3.8, 4) is 0 Å². The van der Waals surface area contributed by atoms with Crippen LogP contribution in [0.3, 0.4) is 0 Å². The molecule has 0 radical (unpaired) electrons. The molecule has 1 aliphatic heterocycles. The summed E-state index contributed by atoms with van der Waals surface area (Å²) in [6.45, 7) is 5.91. The first-order chi connectivity index (χ1) is 12.4. The zero-order valence-electron chi connectivity index (χ0n) is 16.3. The van der Waals surface area contributed by atoms with E-state index in [1.807, 2.05) is 39.9 Å². The van der Waals surface area contributed by atoms with E-state index >= 15 is 0 Å². The topological polar surface area (TPSA) is 80.3 Å². The highest BCUT2D eigenvalue weighted by molar-refractivity contribution is 5.92. The lowest BCUT2D eigenvalue weighted by Crippen LogP contribution is -2.39. The van der Waals surface area contributed by atoms with E-state index in [9.17, 15) is 4.79 Å². The molecule has 1 fully saturated rings. The molecule has 0 spiro atoms. The van der Waals surface area contributed by atoms with Crippen LogP contribution in [-0.2, 0) is 20.0 Å². The molecular formula is C18H28N6O2. The van der Waals surface area contributed by atoms with Crippen molar-refractivity contribution in [2.45, 2.75) is 45.6 Å². The maximum absolute atomic E-state index is 12.9. The number of rotatable bonds is 5. The van der Waals surface area contributed by atoms with Gasteiger partial charge in [0.15, 0.2) is 5.89 Å². The number of piperidine rings is 1. The van der Waals surface area contributed by atoms with Gasteiger partial charge in [0.2, 0.25) is 5.76 Å². The fourth-order valence-corrected chi connectivity index (χ4v) is 3.47. The van der Waals surface area contributed by atoms with Gasteiger partial charge >= 0.3 is 0 Å². The Bertz CT molecular complexity index is 779. The van der Waals surface area contributed by atoms with Crippen LogP contribution in [0.5, 0.6) is 0 Å². The lowest BCUT2D eigenvalue weighted by molar-refractivity contribution is 0.0668. The van der Waals surface area contributed by atoms with E-state index in [4.69, 9.17) is 4.42 Å². The van der Waals surface area contributed by atoms with Crippen LogP contribution in [0, 0.1) is 6.92 Å². The second-order valence-corrected chi connectivity index (χ2v) is 7.24. The summed E-state index contributed by atoms with van der Waals surface area (Å²) in [4.78, 5) is 21.2. The number of carbonyl (C=O) groups excluding carboxylic acids is 1. The Kier molecular flexibility index (Phi) is 5.41. The number of nitrogens with zero attached hydrogens (tertiary/aromatic N) is 6. The molecule has 1 aliphatic rings. The average Bonchev–Trinajstić information content (AvgIpc) is 3.17. The first kappa shape index (κ1) is 18.6. The smallest absolute Gasteiger partial charge is 0.291 e. The second kappa shape index (κ2) is 7.57. The van der Waals surface area contributed by atoms with Gasteiger partial charge in [0.25, 0.3) is 5.91 Å². The number of hydrogen-bond donors (Lipinski definition) is 0. The lowest BCUT2D eigenvalue weighted by atomic mass is 9.97. The lowest BCUT2D eigenvalue weighted by Gasteiger charge is -2.31. The SMILES string of the molecule is CCc1nc(C)c(C(=O)N2CCC[C@H](c3nnc(CN(C)C)n3C)C2)o1. The van der Waals surface area contributed by atoms with Crippen LogP contribution in [0.25, 0.3) is 0 Å². The summed E-state index contributed by atoms with van der Waals surface area (Å²) in [5.74, 6) is 2.98. The summed E-state index contributed by atoms with van der Waals surface area (Å²) >= 11 is 0. The Morgan fingerprint density at radius 2 is 2.12 bits per heavy atom. The van der Waals surface area contributed by atoms with Crippen molar-refractivity contribution in [1.82, 2.24) is 29.5 Å². The van der Waals surface area contributed by atoms with Crippen molar-refractivity contribution in [3.05, 3.63) is 29.0 Å². The molecule has 26 heavy (non-hydrogen) atoms. The molecule has 0 unspecified atom stereocenters. The van der Waals surface area contributed by atoms with Gasteiger partial charge in [-0.15, -0.1) is 10.2 Å². The fraction of sp³-hybridized carbons (Fsp3) is 0.667. The zero-order chi connectivity index (χ0) is 18.8. The Morgan fingerprint density at radius 3 is 2.77 bits per heavy atom. The van der Waals surface area contributed by atoms with Gasteiger partial charge in [-0.3, -0.25) is 4.79 Å². The molecule has 1 amide bonds. The minimum absolute atomic E-state index is 0.0740. The predicted octanol–water partition coefficient (Wildman–Crippen LogP) is 1.76. The Morgan fingerprint density at radius 1 is 1.35 bits per heavy atom. The largest absolute Gasteiger partial charge is 0.435 e. The first-order valence-corrected chi connectivity index (χ1v) is 9.19. The molecular weight excluding hydrogens is 332 g/mol.